The molecular weight excluding hydrogens is 451 g/mol. The van der Waals surface area contributed by atoms with Crippen molar-refractivity contribution < 1.29 is 13.2 Å². The van der Waals surface area contributed by atoms with Crippen molar-refractivity contribution in [3.8, 4) is 0 Å². The van der Waals surface area contributed by atoms with Crippen LogP contribution in [0.2, 0.25) is 0 Å². The van der Waals surface area contributed by atoms with Crippen molar-refractivity contribution in [2.24, 2.45) is 0 Å². The summed E-state index contributed by atoms with van der Waals surface area (Å²) in [4.78, 5) is 12.6. The molecule has 5 nitrogen and oxygen atoms in total. The quantitative estimate of drug-likeness (QED) is 0.695. The van der Waals surface area contributed by atoms with E-state index in [-0.39, 0.29) is 10.8 Å². The number of halogens is 1. The van der Waals surface area contributed by atoms with Gasteiger partial charge in [0.2, 0.25) is 10.0 Å². The first-order valence-corrected chi connectivity index (χ1v) is 10.6. The van der Waals surface area contributed by atoms with Crippen molar-refractivity contribution in [2.75, 3.05) is 18.4 Å². The molecule has 0 atom stereocenters. The second kappa shape index (κ2) is 7.43. The lowest BCUT2D eigenvalue weighted by atomic mass is 10.1. The van der Waals surface area contributed by atoms with Gasteiger partial charge in [0.1, 0.15) is 0 Å². The maximum Gasteiger partial charge on any atom is 0.255 e. The van der Waals surface area contributed by atoms with Crippen LogP contribution in [0, 0.1) is 10.5 Å². The van der Waals surface area contributed by atoms with Crippen LogP contribution in [0.5, 0.6) is 0 Å². The van der Waals surface area contributed by atoms with Crippen LogP contribution >= 0.6 is 22.6 Å². The van der Waals surface area contributed by atoms with Gasteiger partial charge in [-0.05, 0) is 78.3 Å². The number of amides is 1. The second-order valence-corrected chi connectivity index (χ2v) is 9.16. The maximum atomic E-state index is 12.6. The Balaban J connectivity index is 1.82. The number of benzene rings is 2. The number of aryl methyl sites for hydroxylation is 1. The molecule has 7 heteroatoms. The van der Waals surface area contributed by atoms with Crippen LogP contribution in [0.3, 0.4) is 0 Å². The fourth-order valence-electron chi connectivity index (χ4n) is 2.75. The van der Waals surface area contributed by atoms with Gasteiger partial charge >= 0.3 is 0 Å². The molecule has 2 aromatic carbocycles. The molecule has 1 heterocycles. The number of carbonyl (C=O) groups excluding carboxylic acids is 1. The molecule has 1 amide bonds. The third kappa shape index (κ3) is 4.04. The second-order valence-electron chi connectivity index (χ2n) is 6.06. The van der Waals surface area contributed by atoms with Gasteiger partial charge in [-0.15, -0.1) is 0 Å². The molecule has 0 unspecified atom stereocenters. The van der Waals surface area contributed by atoms with E-state index in [4.69, 9.17) is 0 Å². The number of nitrogens with one attached hydrogen (secondary N) is 1. The summed E-state index contributed by atoms with van der Waals surface area (Å²) in [5, 5.41) is 2.78. The van der Waals surface area contributed by atoms with Crippen LogP contribution in [0.25, 0.3) is 0 Å². The summed E-state index contributed by atoms with van der Waals surface area (Å²) in [5.41, 5.74) is 2.12. The predicted octanol–water partition coefficient (Wildman–Crippen LogP) is 3.64. The average molecular weight is 470 g/mol. The van der Waals surface area contributed by atoms with Crippen molar-refractivity contribution in [3.63, 3.8) is 0 Å². The predicted molar refractivity (Wildman–Crippen MR) is 106 cm³/mol. The molecular formula is C18H19IN2O3S. The zero-order valence-corrected chi connectivity index (χ0v) is 16.8. The lowest BCUT2D eigenvalue weighted by molar-refractivity contribution is 0.102. The first-order chi connectivity index (χ1) is 11.9. The highest BCUT2D eigenvalue weighted by molar-refractivity contribution is 14.1. The molecule has 1 saturated heterocycles. The van der Waals surface area contributed by atoms with Gasteiger partial charge in [-0.3, -0.25) is 4.79 Å². The molecule has 0 saturated carbocycles. The average Bonchev–Trinajstić information content (AvgIpc) is 3.13. The highest BCUT2D eigenvalue weighted by Crippen LogP contribution is 2.23. The summed E-state index contributed by atoms with van der Waals surface area (Å²) in [6, 6.07) is 11.9. The minimum absolute atomic E-state index is 0.214. The molecule has 2 aromatic rings. The molecule has 1 N–H and O–H groups in total. The fraction of sp³-hybridized carbons (Fsp3) is 0.278. The van der Waals surface area contributed by atoms with Crippen molar-refractivity contribution >= 4 is 44.2 Å². The maximum absolute atomic E-state index is 12.6. The normalized spacial score (nSPS) is 15.3. The molecule has 1 aliphatic rings. The third-order valence-corrected chi connectivity index (χ3v) is 7.29. The molecule has 3 rings (SSSR count). The molecule has 0 bridgehead atoms. The van der Waals surface area contributed by atoms with Crippen molar-refractivity contribution in [1.82, 2.24) is 4.31 Å². The van der Waals surface area contributed by atoms with Gasteiger partial charge in [0.25, 0.3) is 5.91 Å². The Kier molecular flexibility index (Phi) is 5.45. The molecule has 0 radical (unpaired) electrons. The Bertz CT molecular complexity index is 906. The number of carbonyl (C=O) groups is 1. The minimum Gasteiger partial charge on any atom is -0.322 e. The Morgan fingerprint density at radius 1 is 1.12 bits per heavy atom. The minimum atomic E-state index is -3.49. The first kappa shape index (κ1) is 18.3. The summed E-state index contributed by atoms with van der Waals surface area (Å²) in [6.07, 6.45) is 1.78. The first-order valence-electron chi connectivity index (χ1n) is 8.05. The molecule has 132 valence electrons. The largest absolute Gasteiger partial charge is 0.322 e. The number of hydrogen-bond acceptors (Lipinski definition) is 3. The number of nitrogens with zero attached hydrogens (tertiary/aromatic N) is 1. The van der Waals surface area contributed by atoms with E-state index in [9.17, 15) is 13.2 Å². The third-order valence-electron chi connectivity index (χ3n) is 4.23. The van der Waals surface area contributed by atoms with Gasteiger partial charge in [0.05, 0.1) is 4.90 Å². The topological polar surface area (TPSA) is 66.5 Å². The van der Waals surface area contributed by atoms with E-state index >= 15 is 0 Å². The van der Waals surface area contributed by atoms with E-state index in [0.717, 1.165) is 22.0 Å². The summed E-state index contributed by atoms with van der Waals surface area (Å²) in [6.45, 7) is 3.09. The highest BCUT2D eigenvalue weighted by Gasteiger charge is 2.27. The van der Waals surface area contributed by atoms with E-state index in [1.807, 2.05) is 19.1 Å². The molecule has 25 heavy (non-hydrogen) atoms. The van der Waals surface area contributed by atoms with Crippen LogP contribution in [0.1, 0.15) is 28.8 Å². The number of rotatable bonds is 4. The van der Waals surface area contributed by atoms with Crippen LogP contribution in [0.4, 0.5) is 5.69 Å². The van der Waals surface area contributed by atoms with Crippen LogP contribution < -0.4 is 5.32 Å². The summed E-state index contributed by atoms with van der Waals surface area (Å²) in [7, 11) is -3.49. The molecule has 0 spiro atoms. The SMILES string of the molecule is Cc1ccc(C(=O)Nc2cccc(S(=O)(=O)N3CCCC3)c2)cc1I. The lowest BCUT2D eigenvalue weighted by Crippen LogP contribution is -2.27. The summed E-state index contributed by atoms with van der Waals surface area (Å²) in [5.74, 6) is -0.256. The fourth-order valence-corrected chi connectivity index (χ4v) is 4.83. The van der Waals surface area contributed by atoms with Gasteiger partial charge in [0, 0.05) is 27.9 Å². The molecule has 1 fully saturated rings. The van der Waals surface area contributed by atoms with Gasteiger partial charge in [0.15, 0.2) is 0 Å². The zero-order chi connectivity index (χ0) is 18.0. The molecule has 1 aliphatic heterocycles. The van der Waals surface area contributed by atoms with Crippen LogP contribution in [-0.4, -0.2) is 31.7 Å². The highest BCUT2D eigenvalue weighted by atomic mass is 127. The van der Waals surface area contributed by atoms with E-state index < -0.39 is 10.0 Å². The molecule has 0 aliphatic carbocycles. The zero-order valence-electron chi connectivity index (χ0n) is 13.8. The standard InChI is InChI=1S/C18H19IN2O3S/c1-13-7-8-14(11-17(13)19)18(22)20-15-5-4-6-16(12-15)25(23,24)21-9-2-3-10-21/h4-8,11-12H,2-3,9-10H2,1H3,(H,20,22). The van der Waals surface area contributed by atoms with E-state index in [1.165, 1.54) is 10.4 Å². The number of hydrogen-bond donors (Lipinski definition) is 1. The summed E-state index contributed by atoms with van der Waals surface area (Å²) >= 11 is 2.19. The van der Waals surface area contributed by atoms with E-state index in [0.29, 0.717) is 24.3 Å². The smallest absolute Gasteiger partial charge is 0.255 e. The summed E-state index contributed by atoms with van der Waals surface area (Å²) < 4.78 is 27.8. The van der Waals surface area contributed by atoms with E-state index in [1.54, 1.807) is 24.3 Å². The monoisotopic (exact) mass is 470 g/mol. The van der Waals surface area contributed by atoms with Crippen molar-refractivity contribution in [2.45, 2.75) is 24.7 Å². The number of sulfonamides is 1. The van der Waals surface area contributed by atoms with Gasteiger partial charge < -0.3 is 5.32 Å². The van der Waals surface area contributed by atoms with Crippen LogP contribution in [0.15, 0.2) is 47.4 Å². The molecule has 0 aromatic heterocycles. The van der Waals surface area contributed by atoms with Gasteiger partial charge in [-0.25, -0.2) is 8.42 Å². The van der Waals surface area contributed by atoms with Crippen molar-refractivity contribution in [3.05, 3.63) is 57.2 Å². The number of anilines is 1. The van der Waals surface area contributed by atoms with E-state index in [2.05, 4.69) is 27.9 Å². The van der Waals surface area contributed by atoms with Gasteiger partial charge in [-0.2, -0.15) is 4.31 Å². The lowest BCUT2D eigenvalue weighted by Gasteiger charge is -2.16. The van der Waals surface area contributed by atoms with Crippen LogP contribution in [-0.2, 0) is 10.0 Å². The van der Waals surface area contributed by atoms with Crippen molar-refractivity contribution in [1.29, 1.82) is 0 Å². The Morgan fingerprint density at radius 2 is 1.84 bits per heavy atom. The Hall–Kier alpha value is -1.45. The van der Waals surface area contributed by atoms with Gasteiger partial charge in [-0.1, -0.05) is 12.1 Å². The Morgan fingerprint density at radius 3 is 2.52 bits per heavy atom. The Labute approximate surface area is 161 Å².